The van der Waals surface area contributed by atoms with Gasteiger partial charge in [-0.1, -0.05) is 41.5 Å². The van der Waals surface area contributed by atoms with Crippen LogP contribution in [0.15, 0.2) is 27.7 Å². The van der Waals surface area contributed by atoms with Crippen molar-refractivity contribution in [3.63, 3.8) is 0 Å². The summed E-state index contributed by atoms with van der Waals surface area (Å²) >= 11 is 4.67. The molecular formula is C13H14BrF3N2OS. The first-order chi connectivity index (χ1) is 9.74. The second-order valence-electron chi connectivity index (χ2n) is 4.86. The largest absolute Gasteiger partial charge is 0.573 e. The van der Waals surface area contributed by atoms with Gasteiger partial charge in [-0.25, -0.2) is 0 Å². The Bertz CT molecular complexity index is 549. The number of aliphatic imine (C=N–C) groups is 1. The Kier molecular flexibility index (Phi) is 5.08. The van der Waals surface area contributed by atoms with Crippen molar-refractivity contribution in [2.24, 2.45) is 10.9 Å². The molecule has 116 valence electrons. The number of nitrogens with one attached hydrogen (secondary N) is 1. The molecule has 3 nitrogen and oxygen atoms in total. The number of benzene rings is 1. The first-order valence-electron chi connectivity index (χ1n) is 6.28. The van der Waals surface area contributed by atoms with E-state index in [0.717, 1.165) is 0 Å². The third kappa shape index (κ3) is 4.81. The van der Waals surface area contributed by atoms with E-state index >= 15 is 0 Å². The zero-order chi connectivity index (χ0) is 15.6. The molecule has 1 aromatic rings. The van der Waals surface area contributed by atoms with Gasteiger partial charge in [-0.3, -0.25) is 4.99 Å². The summed E-state index contributed by atoms with van der Waals surface area (Å²) in [5.41, 5.74) is 0.242. The topological polar surface area (TPSA) is 33.6 Å². The molecule has 0 amide bonds. The van der Waals surface area contributed by atoms with Crippen LogP contribution in [0.25, 0.3) is 0 Å². The summed E-state index contributed by atoms with van der Waals surface area (Å²) in [6, 6.07) is 4.44. The average molecular weight is 383 g/mol. The van der Waals surface area contributed by atoms with E-state index in [1.54, 1.807) is 6.07 Å². The number of hydrogen-bond donors (Lipinski definition) is 1. The van der Waals surface area contributed by atoms with Crippen LogP contribution in [-0.2, 0) is 0 Å². The van der Waals surface area contributed by atoms with E-state index in [1.165, 1.54) is 23.9 Å². The van der Waals surface area contributed by atoms with Gasteiger partial charge in [0.2, 0.25) is 0 Å². The molecule has 8 heteroatoms. The van der Waals surface area contributed by atoms with Crippen LogP contribution in [0.5, 0.6) is 5.75 Å². The highest BCUT2D eigenvalue weighted by Gasteiger charge is 2.32. The van der Waals surface area contributed by atoms with Gasteiger partial charge in [0.25, 0.3) is 0 Å². The molecular weight excluding hydrogens is 369 g/mol. The lowest BCUT2D eigenvalue weighted by Crippen LogP contribution is -2.19. The summed E-state index contributed by atoms with van der Waals surface area (Å²) in [5.74, 6) is 0.169. The third-order valence-corrected chi connectivity index (χ3v) is 4.78. The maximum atomic E-state index is 12.4. The van der Waals surface area contributed by atoms with Gasteiger partial charge in [-0.2, -0.15) is 0 Å². The van der Waals surface area contributed by atoms with Gasteiger partial charge < -0.3 is 10.1 Å². The first-order valence-corrected chi connectivity index (χ1v) is 7.95. The highest BCUT2D eigenvalue weighted by atomic mass is 79.9. The number of anilines is 1. The van der Waals surface area contributed by atoms with Crippen molar-refractivity contribution in [1.29, 1.82) is 0 Å². The fraction of sp³-hybridized carbons (Fsp3) is 0.462. The number of alkyl halides is 3. The lowest BCUT2D eigenvalue weighted by atomic mass is 10.1. The molecule has 1 aliphatic rings. The minimum absolute atomic E-state index is 0.242. The van der Waals surface area contributed by atoms with Crippen LogP contribution in [0.1, 0.15) is 13.8 Å². The average Bonchev–Trinajstić information content (AvgIpc) is 2.79. The maximum Gasteiger partial charge on any atom is 0.573 e. The monoisotopic (exact) mass is 382 g/mol. The molecule has 1 atom stereocenters. The lowest BCUT2D eigenvalue weighted by Gasteiger charge is -2.16. The van der Waals surface area contributed by atoms with Crippen LogP contribution in [0.2, 0.25) is 0 Å². The molecule has 0 aromatic heterocycles. The van der Waals surface area contributed by atoms with E-state index in [9.17, 15) is 13.2 Å². The van der Waals surface area contributed by atoms with Crippen molar-refractivity contribution in [1.82, 2.24) is 0 Å². The van der Waals surface area contributed by atoms with Gasteiger partial charge in [0, 0.05) is 9.72 Å². The van der Waals surface area contributed by atoms with Gasteiger partial charge in [-0.15, -0.1) is 13.2 Å². The van der Waals surface area contributed by atoms with E-state index in [0.29, 0.717) is 27.4 Å². The smallest absolute Gasteiger partial charge is 0.404 e. The van der Waals surface area contributed by atoms with E-state index in [1.807, 2.05) is 0 Å². The van der Waals surface area contributed by atoms with Crippen LogP contribution in [0.3, 0.4) is 0 Å². The standard InChI is InChI=1S/C13H14BrF3N2OS/c1-7(2)11-6-18-12(21-11)19-9-4-3-8(14)5-10(9)20-13(15,16)17/h3-5,7,11H,6H2,1-2H3,(H,18,19). The molecule has 0 spiro atoms. The molecule has 0 fully saturated rings. The maximum absolute atomic E-state index is 12.4. The number of thioether (sulfide) groups is 1. The Morgan fingerprint density at radius 1 is 1.43 bits per heavy atom. The molecule has 1 N–H and O–H groups in total. The number of rotatable bonds is 3. The van der Waals surface area contributed by atoms with Crippen molar-refractivity contribution in [2.45, 2.75) is 25.5 Å². The molecule has 1 unspecified atom stereocenters. The highest BCUT2D eigenvalue weighted by Crippen LogP contribution is 2.35. The summed E-state index contributed by atoms with van der Waals surface area (Å²) in [4.78, 5) is 4.31. The van der Waals surface area contributed by atoms with Crippen LogP contribution >= 0.6 is 27.7 Å². The molecule has 0 saturated carbocycles. The Morgan fingerprint density at radius 3 is 2.71 bits per heavy atom. The van der Waals surface area contributed by atoms with Crippen molar-refractivity contribution < 1.29 is 17.9 Å². The van der Waals surface area contributed by atoms with Crippen LogP contribution < -0.4 is 10.1 Å². The van der Waals surface area contributed by atoms with E-state index in [-0.39, 0.29) is 11.4 Å². The Hall–Kier alpha value is -0.890. The van der Waals surface area contributed by atoms with Crippen molar-refractivity contribution in [3.8, 4) is 5.75 Å². The minimum atomic E-state index is -4.73. The number of hydrogen-bond acceptors (Lipinski definition) is 4. The van der Waals surface area contributed by atoms with E-state index in [4.69, 9.17) is 0 Å². The highest BCUT2D eigenvalue weighted by molar-refractivity contribution is 9.10. The fourth-order valence-corrected chi connectivity index (χ4v) is 3.10. The SMILES string of the molecule is CC(C)C1CN=C(Nc2ccc(Br)cc2OC(F)(F)F)S1. The quantitative estimate of drug-likeness (QED) is 0.807. The van der Waals surface area contributed by atoms with Gasteiger partial charge in [-0.05, 0) is 24.1 Å². The van der Waals surface area contributed by atoms with Crippen molar-refractivity contribution >= 4 is 38.5 Å². The first kappa shape index (κ1) is 16.5. The van der Waals surface area contributed by atoms with Crippen LogP contribution in [0, 0.1) is 5.92 Å². The molecule has 2 rings (SSSR count). The van der Waals surface area contributed by atoms with Crippen LogP contribution in [0.4, 0.5) is 18.9 Å². The summed E-state index contributed by atoms with van der Waals surface area (Å²) in [5, 5.41) is 3.87. The molecule has 0 radical (unpaired) electrons. The third-order valence-electron chi connectivity index (χ3n) is 2.83. The van der Waals surface area contributed by atoms with Gasteiger partial charge in [0.15, 0.2) is 10.9 Å². The van der Waals surface area contributed by atoms with Crippen molar-refractivity contribution in [3.05, 3.63) is 22.7 Å². The van der Waals surface area contributed by atoms with Crippen LogP contribution in [-0.4, -0.2) is 23.3 Å². The van der Waals surface area contributed by atoms with Gasteiger partial charge >= 0.3 is 6.36 Å². The van der Waals surface area contributed by atoms with Crippen molar-refractivity contribution in [2.75, 3.05) is 11.9 Å². The Balaban J connectivity index is 2.13. The molecule has 1 aromatic carbocycles. The second kappa shape index (κ2) is 6.48. The molecule has 0 aliphatic carbocycles. The number of amidine groups is 1. The molecule has 0 saturated heterocycles. The molecule has 21 heavy (non-hydrogen) atoms. The summed E-state index contributed by atoms with van der Waals surface area (Å²) < 4.78 is 41.9. The van der Waals surface area contributed by atoms with Gasteiger partial charge in [0.05, 0.1) is 12.2 Å². The summed E-state index contributed by atoms with van der Waals surface area (Å²) in [6.45, 7) is 4.85. The normalized spacial score (nSPS) is 18.8. The zero-order valence-electron chi connectivity index (χ0n) is 11.4. The predicted octanol–water partition coefficient (Wildman–Crippen LogP) is 4.89. The van der Waals surface area contributed by atoms with E-state index < -0.39 is 6.36 Å². The number of halogens is 4. The number of ether oxygens (including phenoxy) is 1. The number of nitrogens with zero attached hydrogens (tertiary/aromatic N) is 1. The zero-order valence-corrected chi connectivity index (χ0v) is 13.8. The fourth-order valence-electron chi connectivity index (χ4n) is 1.73. The molecule has 1 heterocycles. The predicted molar refractivity (Wildman–Crippen MR) is 83.0 cm³/mol. The molecule has 1 aliphatic heterocycles. The Labute approximate surface area is 133 Å². The minimum Gasteiger partial charge on any atom is -0.404 e. The van der Waals surface area contributed by atoms with Gasteiger partial charge in [0.1, 0.15) is 0 Å². The molecule has 0 bridgehead atoms. The lowest BCUT2D eigenvalue weighted by molar-refractivity contribution is -0.274. The summed E-state index contributed by atoms with van der Waals surface area (Å²) in [6.07, 6.45) is -4.73. The summed E-state index contributed by atoms with van der Waals surface area (Å²) in [7, 11) is 0. The second-order valence-corrected chi connectivity index (χ2v) is 7.00. The van der Waals surface area contributed by atoms with E-state index in [2.05, 4.69) is 44.8 Å². The Morgan fingerprint density at radius 2 is 2.14 bits per heavy atom.